The summed E-state index contributed by atoms with van der Waals surface area (Å²) in [4.78, 5) is 0. The van der Waals surface area contributed by atoms with Gasteiger partial charge < -0.3 is 15.4 Å². The number of halogens is 1. The van der Waals surface area contributed by atoms with Crippen LogP contribution in [0.3, 0.4) is 0 Å². The van der Waals surface area contributed by atoms with E-state index in [1.807, 2.05) is 18.2 Å². The van der Waals surface area contributed by atoms with Gasteiger partial charge in [-0.3, -0.25) is 0 Å². The molecule has 0 bridgehead atoms. The molecule has 0 fully saturated rings. The Morgan fingerprint density at radius 1 is 1.39 bits per heavy atom. The van der Waals surface area contributed by atoms with Gasteiger partial charge in [-0.05, 0) is 30.3 Å². The van der Waals surface area contributed by atoms with Crippen molar-refractivity contribution in [3.8, 4) is 5.75 Å². The minimum absolute atomic E-state index is 0.548. The molecule has 0 aliphatic heterocycles. The highest BCUT2D eigenvalue weighted by atomic mass is 35.5. The lowest BCUT2D eigenvalue weighted by Crippen LogP contribution is -2.36. The monoisotopic (exact) mass is 286 g/mol. The lowest BCUT2D eigenvalue weighted by molar-refractivity contribution is 0.409. The molecule has 0 saturated carbocycles. The van der Waals surface area contributed by atoms with Crippen LogP contribution < -0.4 is 15.4 Å². The number of hydrogen-bond acceptors (Lipinski definition) is 2. The number of ether oxygens (including phenoxy) is 1. The minimum atomic E-state index is 0.548. The van der Waals surface area contributed by atoms with Gasteiger partial charge in [-0.15, -0.1) is 0 Å². The van der Waals surface area contributed by atoms with Gasteiger partial charge in [0.15, 0.2) is 5.11 Å². The Kier molecular flexibility index (Phi) is 6.22. The summed E-state index contributed by atoms with van der Waals surface area (Å²) in [6.07, 6.45) is 0. The Bertz CT molecular complexity index is 410. The molecular formula is C13H19ClN2OS. The van der Waals surface area contributed by atoms with E-state index in [2.05, 4.69) is 24.5 Å². The summed E-state index contributed by atoms with van der Waals surface area (Å²) in [5.41, 5.74) is 0.912. The Hall–Kier alpha value is -1.00. The van der Waals surface area contributed by atoms with Gasteiger partial charge in [-0.2, -0.15) is 0 Å². The van der Waals surface area contributed by atoms with E-state index in [9.17, 15) is 0 Å². The van der Waals surface area contributed by atoms with Crippen LogP contribution in [-0.4, -0.2) is 18.8 Å². The number of nitrogens with one attached hydrogen (secondary N) is 2. The second kappa shape index (κ2) is 7.44. The summed E-state index contributed by atoms with van der Waals surface area (Å²) in [6, 6.07) is 5.58. The molecule has 0 aliphatic carbocycles. The van der Waals surface area contributed by atoms with E-state index in [0.717, 1.165) is 17.9 Å². The summed E-state index contributed by atoms with van der Waals surface area (Å²) in [7, 11) is 1.63. The lowest BCUT2D eigenvalue weighted by Gasteiger charge is -2.14. The van der Waals surface area contributed by atoms with Crippen molar-refractivity contribution in [1.29, 1.82) is 0 Å². The molecule has 100 valence electrons. The summed E-state index contributed by atoms with van der Waals surface area (Å²) < 4.78 is 5.27. The van der Waals surface area contributed by atoms with Crippen molar-refractivity contribution in [3.05, 3.63) is 28.8 Å². The highest BCUT2D eigenvalue weighted by Gasteiger charge is 2.07. The molecule has 2 N–H and O–H groups in total. The molecule has 0 amide bonds. The molecule has 1 aromatic rings. The fourth-order valence-corrected chi connectivity index (χ4v) is 1.82. The van der Waals surface area contributed by atoms with Crippen LogP contribution in [0.1, 0.15) is 19.4 Å². The van der Waals surface area contributed by atoms with E-state index in [4.69, 9.17) is 28.6 Å². The van der Waals surface area contributed by atoms with Crippen LogP contribution in [0.5, 0.6) is 5.75 Å². The van der Waals surface area contributed by atoms with Gasteiger partial charge in [-0.1, -0.05) is 31.5 Å². The maximum absolute atomic E-state index is 6.14. The van der Waals surface area contributed by atoms with Gasteiger partial charge in [0.05, 0.1) is 7.11 Å². The zero-order valence-corrected chi connectivity index (χ0v) is 12.5. The van der Waals surface area contributed by atoms with Crippen LogP contribution in [0.15, 0.2) is 18.2 Å². The maximum atomic E-state index is 6.14. The van der Waals surface area contributed by atoms with Gasteiger partial charge in [-0.25, -0.2) is 0 Å². The molecule has 3 nitrogen and oxygen atoms in total. The Balaban J connectivity index is 2.55. The van der Waals surface area contributed by atoms with Crippen LogP contribution in [0.4, 0.5) is 0 Å². The van der Waals surface area contributed by atoms with E-state index >= 15 is 0 Å². The molecule has 0 aliphatic rings. The second-order valence-electron chi connectivity index (χ2n) is 4.38. The number of hydrogen-bond donors (Lipinski definition) is 2. The standard InChI is InChI=1S/C13H19ClN2OS/c1-9(2)7-15-13(18)16-8-10-11(14)5-4-6-12(10)17-3/h4-6,9H,7-8H2,1-3H3,(H2,15,16,18). The largest absolute Gasteiger partial charge is 0.496 e. The highest BCUT2D eigenvalue weighted by Crippen LogP contribution is 2.25. The number of rotatable bonds is 5. The number of benzene rings is 1. The molecule has 0 spiro atoms. The molecule has 0 atom stereocenters. The second-order valence-corrected chi connectivity index (χ2v) is 5.19. The number of methoxy groups -OCH3 is 1. The van der Waals surface area contributed by atoms with Crippen molar-refractivity contribution in [2.75, 3.05) is 13.7 Å². The van der Waals surface area contributed by atoms with Crippen LogP contribution in [-0.2, 0) is 6.54 Å². The third kappa shape index (κ3) is 4.70. The average Bonchev–Trinajstić information content (AvgIpc) is 2.34. The fourth-order valence-electron chi connectivity index (χ4n) is 1.43. The SMILES string of the molecule is COc1cccc(Cl)c1CNC(=S)NCC(C)C. The van der Waals surface area contributed by atoms with Crippen molar-refractivity contribution in [3.63, 3.8) is 0 Å². The molecule has 18 heavy (non-hydrogen) atoms. The van der Waals surface area contributed by atoms with Crippen LogP contribution >= 0.6 is 23.8 Å². The molecule has 0 heterocycles. The summed E-state index contributed by atoms with van der Waals surface area (Å²) in [5.74, 6) is 1.32. The first-order valence-electron chi connectivity index (χ1n) is 5.87. The Morgan fingerprint density at radius 2 is 2.11 bits per heavy atom. The molecule has 1 rings (SSSR count). The Labute approximate surface area is 119 Å². The summed E-state index contributed by atoms with van der Waals surface area (Å²) in [5, 5.41) is 7.58. The summed E-state index contributed by atoms with van der Waals surface area (Å²) in [6.45, 7) is 5.66. The van der Waals surface area contributed by atoms with Gasteiger partial charge >= 0.3 is 0 Å². The lowest BCUT2D eigenvalue weighted by atomic mass is 10.2. The first kappa shape index (κ1) is 15.1. The first-order chi connectivity index (χ1) is 8.54. The van der Waals surface area contributed by atoms with Crippen LogP contribution in [0.2, 0.25) is 5.02 Å². The minimum Gasteiger partial charge on any atom is -0.496 e. The van der Waals surface area contributed by atoms with Crippen molar-refractivity contribution in [2.24, 2.45) is 5.92 Å². The van der Waals surface area contributed by atoms with E-state index in [1.165, 1.54) is 0 Å². The first-order valence-corrected chi connectivity index (χ1v) is 6.66. The van der Waals surface area contributed by atoms with E-state index in [-0.39, 0.29) is 0 Å². The fraction of sp³-hybridized carbons (Fsp3) is 0.462. The number of thiocarbonyl (C=S) groups is 1. The zero-order valence-electron chi connectivity index (χ0n) is 10.9. The van der Waals surface area contributed by atoms with Gasteiger partial charge in [0.25, 0.3) is 0 Å². The van der Waals surface area contributed by atoms with E-state index < -0.39 is 0 Å². The Morgan fingerprint density at radius 3 is 2.72 bits per heavy atom. The van der Waals surface area contributed by atoms with E-state index in [0.29, 0.717) is 22.6 Å². The molecule has 1 aromatic carbocycles. The van der Waals surface area contributed by atoms with Gasteiger partial charge in [0.1, 0.15) is 5.75 Å². The third-order valence-electron chi connectivity index (χ3n) is 2.39. The quantitative estimate of drug-likeness (QED) is 0.816. The normalized spacial score (nSPS) is 10.3. The van der Waals surface area contributed by atoms with Crippen molar-refractivity contribution in [1.82, 2.24) is 10.6 Å². The van der Waals surface area contributed by atoms with Crippen molar-refractivity contribution < 1.29 is 4.74 Å². The smallest absolute Gasteiger partial charge is 0.166 e. The van der Waals surface area contributed by atoms with Crippen LogP contribution in [0, 0.1) is 5.92 Å². The summed E-state index contributed by atoms with van der Waals surface area (Å²) >= 11 is 11.3. The van der Waals surface area contributed by atoms with Crippen molar-refractivity contribution >= 4 is 28.9 Å². The average molecular weight is 287 g/mol. The van der Waals surface area contributed by atoms with Crippen molar-refractivity contribution in [2.45, 2.75) is 20.4 Å². The molecule has 0 radical (unpaired) electrons. The predicted molar refractivity (Wildman–Crippen MR) is 80.3 cm³/mol. The molecule has 0 unspecified atom stereocenters. The van der Waals surface area contributed by atoms with Crippen LogP contribution in [0.25, 0.3) is 0 Å². The third-order valence-corrected chi connectivity index (χ3v) is 3.04. The van der Waals surface area contributed by atoms with Gasteiger partial charge in [0.2, 0.25) is 0 Å². The zero-order chi connectivity index (χ0) is 13.5. The van der Waals surface area contributed by atoms with E-state index in [1.54, 1.807) is 7.11 Å². The van der Waals surface area contributed by atoms with Gasteiger partial charge in [0, 0.05) is 23.7 Å². The topological polar surface area (TPSA) is 33.3 Å². The maximum Gasteiger partial charge on any atom is 0.166 e. The molecule has 0 aromatic heterocycles. The highest BCUT2D eigenvalue weighted by molar-refractivity contribution is 7.80. The molecule has 0 saturated heterocycles. The predicted octanol–water partition coefficient (Wildman–Crippen LogP) is 2.97. The molecular weight excluding hydrogens is 268 g/mol. The molecule has 5 heteroatoms.